The lowest BCUT2D eigenvalue weighted by Crippen LogP contribution is -2.10. The van der Waals surface area contributed by atoms with Crippen molar-refractivity contribution in [1.29, 1.82) is 5.26 Å². The number of rotatable bonds is 5. The molecule has 1 unspecified atom stereocenters. The molecule has 0 spiro atoms. The molecule has 1 aliphatic rings. The van der Waals surface area contributed by atoms with Crippen molar-refractivity contribution in [2.75, 3.05) is 7.11 Å². The van der Waals surface area contributed by atoms with Crippen molar-refractivity contribution >= 4 is 6.08 Å². The molecule has 0 radical (unpaired) electrons. The largest absolute Gasteiger partial charge is 0.497 e. The zero-order valence-electron chi connectivity index (χ0n) is 12.1. The summed E-state index contributed by atoms with van der Waals surface area (Å²) in [6.45, 7) is 1.83. The van der Waals surface area contributed by atoms with E-state index in [0.717, 1.165) is 31.4 Å². The third-order valence-corrected chi connectivity index (χ3v) is 3.87. The average molecular weight is 265 g/mol. The van der Waals surface area contributed by atoms with Crippen LogP contribution >= 0.6 is 0 Å². The van der Waals surface area contributed by atoms with E-state index in [2.05, 4.69) is 30.2 Å². The number of hydrogen-bond acceptors (Lipinski definition) is 2. The summed E-state index contributed by atoms with van der Waals surface area (Å²) >= 11 is 0. The zero-order chi connectivity index (χ0) is 14.6. The van der Waals surface area contributed by atoms with Gasteiger partial charge in [-0.25, -0.2) is 0 Å². The van der Waals surface area contributed by atoms with Crippen LogP contribution in [0.1, 0.15) is 37.3 Å². The second kappa shape index (κ2) is 5.85. The molecule has 0 bridgehead atoms. The number of methoxy groups -OCH3 is 1. The molecule has 0 N–H and O–H groups in total. The minimum absolute atomic E-state index is 0.630. The Labute approximate surface area is 121 Å². The van der Waals surface area contributed by atoms with E-state index in [0.29, 0.717) is 0 Å². The van der Waals surface area contributed by atoms with E-state index in [1.807, 2.05) is 13.0 Å². The number of allylic oxidation sites excluding steroid dienone is 1. The summed E-state index contributed by atoms with van der Waals surface area (Å²) in [5.41, 5.74) is 3.38. The van der Waals surface area contributed by atoms with Gasteiger partial charge in [0, 0.05) is 0 Å². The molecule has 0 fully saturated rings. The molecule has 1 aliphatic carbocycles. The van der Waals surface area contributed by atoms with Gasteiger partial charge in [0.25, 0.3) is 0 Å². The van der Waals surface area contributed by atoms with Crippen LogP contribution in [0, 0.1) is 29.1 Å². The molecule has 0 amide bonds. The summed E-state index contributed by atoms with van der Waals surface area (Å²) < 4.78 is 5.24. The van der Waals surface area contributed by atoms with E-state index in [4.69, 9.17) is 16.4 Å². The summed E-state index contributed by atoms with van der Waals surface area (Å²) in [7, 11) is 1.68. The molecule has 0 saturated carbocycles. The number of terminal acetylenes is 1. The Morgan fingerprint density at radius 1 is 1.45 bits per heavy atom. The third kappa shape index (κ3) is 3.03. The van der Waals surface area contributed by atoms with Crippen molar-refractivity contribution in [3.05, 3.63) is 34.9 Å². The molecule has 0 heterocycles. The zero-order valence-corrected chi connectivity index (χ0v) is 12.1. The molecule has 1 aromatic rings. The normalized spacial score (nSPS) is 15.5. The molecular weight excluding hydrogens is 246 g/mol. The maximum Gasteiger partial charge on any atom is 0.119 e. The van der Waals surface area contributed by atoms with Crippen molar-refractivity contribution in [2.24, 2.45) is 5.41 Å². The standard InChI is InChI=1S/C18H19NO/c1-4-18(2,13-19)9-5-6-14-10-15-7-8-17(20-3)12-16(15)11-14/h1,7-8,11-12H,5-6,9-10H2,2-3H3. The van der Waals surface area contributed by atoms with Gasteiger partial charge in [-0.05, 0) is 55.9 Å². The van der Waals surface area contributed by atoms with Gasteiger partial charge in [0.05, 0.1) is 13.2 Å². The van der Waals surface area contributed by atoms with Crippen molar-refractivity contribution < 1.29 is 4.74 Å². The van der Waals surface area contributed by atoms with Crippen LogP contribution in [-0.2, 0) is 6.42 Å². The highest BCUT2D eigenvalue weighted by molar-refractivity contribution is 5.65. The van der Waals surface area contributed by atoms with E-state index in [1.54, 1.807) is 7.11 Å². The second-order valence-electron chi connectivity index (χ2n) is 5.49. The lowest BCUT2D eigenvalue weighted by Gasteiger charge is -2.13. The molecule has 0 saturated heterocycles. The fraction of sp³-hybridized carbons (Fsp3) is 0.389. The summed E-state index contributed by atoms with van der Waals surface area (Å²) in [6, 6.07) is 8.41. The summed E-state index contributed by atoms with van der Waals surface area (Å²) in [5.74, 6) is 3.48. The molecule has 2 rings (SSSR count). The topological polar surface area (TPSA) is 33.0 Å². The Hall–Kier alpha value is -2.19. The van der Waals surface area contributed by atoms with E-state index >= 15 is 0 Å². The van der Waals surface area contributed by atoms with Gasteiger partial charge in [-0.1, -0.05) is 23.6 Å². The first-order valence-electron chi connectivity index (χ1n) is 6.85. The van der Waals surface area contributed by atoms with E-state index < -0.39 is 5.41 Å². The van der Waals surface area contributed by atoms with Crippen LogP contribution in [0.25, 0.3) is 6.08 Å². The molecule has 1 atom stereocenters. The predicted molar refractivity (Wildman–Crippen MR) is 81.1 cm³/mol. The molecule has 2 heteroatoms. The number of fused-ring (bicyclic) bond motifs is 1. The first-order valence-corrected chi connectivity index (χ1v) is 6.85. The Balaban J connectivity index is 1.94. The Bertz CT molecular complexity index is 599. The minimum Gasteiger partial charge on any atom is -0.497 e. The minimum atomic E-state index is -0.630. The summed E-state index contributed by atoms with van der Waals surface area (Å²) in [4.78, 5) is 0. The maximum absolute atomic E-state index is 9.06. The fourth-order valence-corrected chi connectivity index (χ4v) is 2.50. The average Bonchev–Trinajstić information content (AvgIpc) is 2.88. The van der Waals surface area contributed by atoms with E-state index in [9.17, 15) is 0 Å². The van der Waals surface area contributed by atoms with Gasteiger partial charge in [0.1, 0.15) is 11.2 Å². The summed E-state index contributed by atoms with van der Waals surface area (Å²) in [5, 5.41) is 9.06. The highest BCUT2D eigenvalue weighted by atomic mass is 16.5. The first kappa shape index (κ1) is 14.2. The van der Waals surface area contributed by atoms with Crippen LogP contribution in [0.3, 0.4) is 0 Å². The Kier molecular flexibility index (Phi) is 4.16. The molecule has 1 aromatic carbocycles. The van der Waals surface area contributed by atoms with Gasteiger partial charge in [-0.15, -0.1) is 6.42 Å². The second-order valence-corrected chi connectivity index (χ2v) is 5.49. The quantitative estimate of drug-likeness (QED) is 0.755. The molecule has 0 aromatic heterocycles. The van der Waals surface area contributed by atoms with Gasteiger partial charge in [-0.2, -0.15) is 5.26 Å². The van der Waals surface area contributed by atoms with Gasteiger partial charge in [0.15, 0.2) is 0 Å². The predicted octanol–water partition coefficient (Wildman–Crippen LogP) is 3.97. The Morgan fingerprint density at radius 2 is 2.25 bits per heavy atom. The van der Waals surface area contributed by atoms with Crippen LogP contribution in [0.5, 0.6) is 5.75 Å². The maximum atomic E-state index is 9.06. The van der Waals surface area contributed by atoms with Crippen molar-refractivity contribution in [1.82, 2.24) is 0 Å². The van der Waals surface area contributed by atoms with Gasteiger partial charge in [0.2, 0.25) is 0 Å². The Morgan fingerprint density at radius 3 is 2.90 bits per heavy atom. The molecular formula is C18H19NO. The lowest BCUT2D eigenvalue weighted by atomic mass is 9.87. The number of benzene rings is 1. The number of ether oxygens (including phenoxy) is 1. The van der Waals surface area contributed by atoms with Gasteiger partial charge in [-0.3, -0.25) is 0 Å². The molecule has 0 aliphatic heterocycles. The monoisotopic (exact) mass is 265 g/mol. The highest BCUT2D eigenvalue weighted by Crippen LogP contribution is 2.32. The van der Waals surface area contributed by atoms with Gasteiger partial charge >= 0.3 is 0 Å². The van der Waals surface area contributed by atoms with Gasteiger partial charge < -0.3 is 4.74 Å². The smallest absolute Gasteiger partial charge is 0.119 e. The molecule has 20 heavy (non-hydrogen) atoms. The van der Waals surface area contributed by atoms with E-state index in [1.165, 1.54) is 16.7 Å². The van der Waals surface area contributed by atoms with E-state index in [-0.39, 0.29) is 0 Å². The fourth-order valence-electron chi connectivity index (χ4n) is 2.50. The van der Waals surface area contributed by atoms with Crippen LogP contribution in [0.4, 0.5) is 0 Å². The SMILES string of the molecule is C#CC(C)(C#N)CCCC1=Cc2cc(OC)ccc2C1. The van der Waals surface area contributed by atoms with Crippen LogP contribution in [0.2, 0.25) is 0 Å². The number of nitriles is 1. The van der Waals surface area contributed by atoms with Crippen LogP contribution in [-0.4, -0.2) is 7.11 Å². The molecule has 2 nitrogen and oxygen atoms in total. The van der Waals surface area contributed by atoms with Crippen molar-refractivity contribution in [3.8, 4) is 24.2 Å². The highest BCUT2D eigenvalue weighted by Gasteiger charge is 2.20. The lowest BCUT2D eigenvalue weighted by molar-refractivity contribution is 0.414. The van der Waals surface area contributed by atoms with Crippen LogP contribution in [0.15, 0.2) is 23.8 Å². The summed E-state index contributed by atoms with van der Waals surface area (Å²) in [6.07, 6.45) is 11.3. The molecule has 102 valence electrons. The number of nitrogens with zero attached hydrogens (tertiary/aromatic N) is 1. The third-order valence-electron chi connectivity index (χ3n) is 3.87. The van der Waals surface area contributed by atoms with Crippen molar-refractivity contribution in [2.45, 2.75) is 32.6 Å². The number of hydrogen-bond donors (Lipinski definition) is 0. The van der Waals surface area contributed by atoms with Crippen molar-refractivity contribution in [3.63, 3.8) is 0 Å². The first-order chi connectivity index (χ1) is 9.60. The van der Waals surface area contributed by atoms with Crippen LogP contribution < -0.4 is 4.74 Å².